The molecule has 0 unspecified atom stereocenters. The first kappa shape index (κ1) is 23.9. The number of thiol groups is 1. The second-order valence-corrected chi connectivity index (χ2v) is 9.12. The van der Waals surface area contributed by atoms with Crippen LogP contribution >= 0.6 is 24.0 Å². The predicted molar refractivity (Wildman–Crippen MR) is 114 cm³/mol. The summed E-state index contributed by atoms with van der Waals surface area (Å²) in [5.74, 6) is -0.679. The molecular weight excluding hydrogens is 382 g/mol. The lowest BCUT2D eigenvalue weighted by atomic mass is 10.2. The molecule has 0 spiro atoms. The Morgan fingerprint density at radius 1 is 1.30 bits per heavy atom. The van der Waals surface area contributed by atoms with Crippen molar-refractivity contribution in [1.29, 1.82) is 0 Å². The van der Waals surface area contributed by atoms with Crippen LogP contribution in [0.25, 0.3) is 10.2 Å². The smallest absolute Gasteiger partial charge is 0.303 e. The van der Waals surface area contributed by atoms with Gasteiger partial charge in [0.2, 0.25) is 0 Å². The first-order valence-electron chi connectivity index (χ1n) is 8.89. The molecule has 0 saturated carbocycles. The first-order valence-corrected chi connectivity index (χ1v) is 10.3. The fourth-order valence-electron chi connectivity index (χ4n) is 2.45. The number of thiazole rings is 1. The normalized spacial score (nSPS) is 21.3. The second-order valence-electron chi connectivity index (χ2n) is 7.66. The van der Waals surface area contributed by atoms with Gasteiger partial charge in [0, 0.05) is 13.3 Å². The number of carbonyl (C=O) groups excluding carboxylic acids is 1. The van der Waals surface area contributed by atoms with Crippen LogP contribution in [0.2, 0.25) is 0 Å². The summed E-state index contributed by atoms with van der Waals surface area (Å²) in [6.45, 7) is 12.8. The molecule has 2 aromatic rings. The highest BCUT2D eigenvalue weighted by Gasteiger charge is 2.31. The van der Waals surface area contributed by atoms with Crippen molar-refractivity contribution in [2.75, 3.05) is 0 Å². The minimum absolute atomic E-state index is 0.0266. The molecule has 152 valence electrons. The van der Waals surface area contributed by atoms with Crippen LogP contribution in [-0.2, 0) is 19.0 Å². The lowest BCUT2D eigenvalue weighted by Crippen LogP contribution is -2.41. The number of nitrogens with zero attached hydrogens (tertiary/aromatic N) is 1. The SMILES string of the molecule is CC(=O)OC(C)(C)C.C[C@@H]1C[C@H](S)OC(C)(C)O1.c1ccc2scnc2c1. The molecule has 3 rings (SSSR count). The van der Waals surface area contributed by atoms with E-state index in [4.69, 9.17) is 14.2 Å². The van der Waals surface area contributed by atoms with Crippen molar-refractivity contribution < 1.29 is 19.0 Å². The summed E-state index contributed by atoms with van der Waals surface area (Å²) < 4.78 is 16.9. The highest BCUT2D eigenvalue weighted by Crippen LogP contribution is 2.27. The maximum atomic E-state index is 10.2. The summed E-state index contributed by atoms with van der Waals surface area (Å²) in [5.41, 5.74) is 2.66. The zero-order valence-corrected chi connectivity index (χ0v) is 18.9. The molecule has 1 saturated heterocycles. The molecule has 1 aliphatic heterocycles. The quantitative estimate of drug-likeness (QED) is 0.460. The Morgan fingerprint density at radius 3 is 2.37 bits per heavy atom. The first-order chi connectivity index (χ1) is 12.4. The Labute approximate surface area is 171 Å². The summed E-state index contributed by atoms with van der Waals surface area (Å²) in [5, 5.41) is 0. The van der Waals surface area contributed by atoms with E-state index in [0.29, 0.717) is 0 Å². The summed E-state index contributed by atoms with van der Waals surface area (Å²) in [7, 11) is 0. The molecule has 0 bridgehead atoms. The van der Waals surface area contributed by atoms with E-state index in [2.05, 4.69) is 23.7 Å². The molecule has 2 atom stereocenters. The molecule has 7 heteroatoms. The molecule has 0 N–H and O–H groups in total. The van der Waals surface area contributed by atoms with Gasteiger partial charge >= 0.3 is 5.97 Å². The number of esters is 1. The third-order valence-corrected chi connectivity index (χ3v) is 4.25. The number of aromatic nitrogens is 1. The maximum absolute atomic E-state index is 10.2. The van der Waals surface area contributed by atoms with Gasteiger partial charge in [0.15, 0.2) is 5.79 Å². The summed E-state index contributed by atoms with van der Waals surface area (Å²) in [4.78, 5) is 14.4. The minimum atomic E-state index is -0.454. The zero-order chi connectivity index (χ0) is 20.7. The van der Waals surface area contributed by atoms with E-state index in [0.717, 1.165) is 11.9 Å². The number of benzene rings is 1. The Morgan fingerprint density at radius 2 is 1.93 bits per heavy atom. The van der Waals surface area contributed by atoms with Crippen LogP contribution in [0.5, 0.6) is 0 Å². The number of ether oxygens (including phenoxy) is 3. The van der Waals surface area contributed by atoms with E-state index in [1.54, 1.807) is 11.3 Å². The number of para-hydroxylation sites is 1. The van der Waals surface area contributed by atoms with Crippen molar-refractivity contribution in [1.82, 2.24) is 4.98 Å². The lowest BCUT2D eigenvalue weighted by Gasteiger charge is -2.37. The van der Waals surface area contributed by atoms with Crippen molar-refractivity contribution in [3.8, 4) is 0 Å². The molecule has 1 fully saturated rings. The van der Waals surface area contributed by atoms with Gasteiger partial charge < -0.3 is 14.2 Å². The van der Waals surface area contributed by atoms with Crippen molar-refractivity contribution in [3.63, 3.8) is 0 Å². The Hall–Kier alpha value is -1.15. The number of carbonyl (C=O) groups is 1. The van der Waals surface area contributed by atoms with Crippen LogP contribution in [0.1, 0.15) is 54.9 Å². The topological polar surface area (TPSA) is 57.7 Å². The Bertz CT molecular complexity index is 667. The van der Waals surface area contributed by atoms with E-state index >= 15 is 0 Å². The predicted octanol–water partition coefficient (Wildman–Crippen LogP) is 5.45. The average molecular weight is 414 g/mol. The monoisotopic (exact) mass is 413 g/mol. The van der Waals surface area contributed by atoms with Crippen molar-refractivity contribution >= 4 is 40.2 Å². The zero-order valence-electron chi connectivity index (χ0n) is 17.2. The van der Waals surface area contributed by atoms with E-state index in [1.807, 2.05) is 65.3 Å². The Balaban J connectivity index is 0.000000204. The van der Waals surface area contributed by atoms with Gasteiger partial charge in [-0.25, -0.2) is 4.98 Å². The molecule has 0 radical (unpaired) electrons. The van der Waals surface area contributed by atoms with Crippen LogP contribution in [0.3, 0.4) is 0 Å². The van der Waals surface area contributed by atoms with Gasteiger partial charge in [-0.05, 0) is 53.7 Å². The standard InChI is InChI=1S/C7H5NS.C7H14O2S.C6H12O2/c1-2-4-7-6(3-1)8-5-9-7;1-5-4-6(10)9-7(2,3)8-5;1-5(7)8-6(2,3)4/h1-5H;5-6,10H,4H2,1-3H3;1-4H3/t;5-,6+;/m.1./s1. The van der Waals surface area contributed by atoms with Gasteiger partial charge in [0.25, 0.3) is 0 Å². The highest BCUT2D eigenvalue weighted by atomic mass is 32.1. The molecule has 27 heavy (non-hydrogen) atoms. The van der Waals surface area contributed by atoms with Gasteiger partial charge in [-0.3, -0.25) is 4.79 Å². The van der Waals surface area contributed by atoms with E-state index in [-0.39, 0.29) is 23.1 Å². The molecule has 0 amide bonds. The molecule has 1 aliphatic rings. The average Bonchev–Trinajstić information content (AvgIpc) is 2.91. The Kier molecular flexibility index (Phi) is 9.21. The molecule has 1 aromatic heterocycles. The van der Waals surface area contributed by atoms with Crippen LogP contribution in [-0.4, -0.2) is 33.9 Å². The summed E-state index contributed by atoms with van der Waals surface area (Å²) >= 11 is 5.91. The van der Waals surface area contributed by atoms with Gasteiger partial charge in [-0.15, -0.1) is 24.0 Å². The second kappa shape index (κ2) is 10.4. The van der Waals surface area contributed by atoms with Crippen molar-refractivity contribution in [2.24, 2.45) is 0 Å². The molecule has 0 aliphatic carbocycles. The number of hydrogen-bond donors (Lipinski definition) is 1. The molecule has 5 nitrogen and oxygen atoms in total. The molecular formula is C20H31NO4S2. The third kappa shape index (κ3) is 10.7. The number of hydrogen-bond acceptors (Lipinski definition) is 7. The summed E-state index contributed by atoms with van der Waals surface area (Å²) in [6, 6.07) is 8.13. The van der Waals surface area contributed by atoms with Gasteiger partial charge in [-0.2, -0.15) is 0 Å². The van der Waals surface area contributed by atoms with Crippen LogP contribution in [0, 0.1) is 0 Å². The van der Waals surface area contributed by atoms with Gasteiger partial charge in [-0.1, -0.05) is 12.1 Å². The number of fused-ring (bicyclic) bond motifs is 1. The lowest BCUT2D eigenvalue weighted by molar-refractivity contribution is -0.277. The van der Waals surface area contributed by atoms with Crippen LogP contribution < -0.4 is 0 Å². The van der Waals surface area contributed by atoms with Crippen LogP contribution in [0.15, 0.2) is 29.8 Å². The van der Waals surface area contributed by atoms with Gasteiger partial charge in [0.05, 0.1) is 21.8 Å². The van der Waals surface area contributed by atoms with Crippen molar-refractivity contribution in [3.05, 3.63) is 29.8 Å². The highest BCUT2D eigenvalue weighted by molar-refractivity contribution is 7.80. The minimum Gasteiger partial charge on any atom is -0.460 e. The fraction of sp³-hybridized carbons (Fsp3) is 0.600. The van der Waals surface area contributed by atoms with E-state index in [1.165, 1.54) is 11.6 Å². The maximum Gasteiger partial charge on any atom is 0.303 e. The van der Waals surface area contributed by atoms with Crippen molar-refractivity contribution in [2.45, 2.75) is 77.8 Å². The summed E-state index contributed by atoms with van der Waals surface area (Å²) in [6.07, 6.45) is 1.12. The van der Waals surface area contributed by atoms with E-state index < -0.39 is 5.79 Å². The van der Waals surface area contributed by atoms with E-state index in [9.17, 15) is 4.79 Å². The number of rotatable bonds is 0. The van der Waals surface area contributed by atoms with Crippen LogP contribution in [0.4, 0.5) is 0 Å². The largest absolute Gasteiger partial charge is 0.460 e. The molecule has 2 heterocycles. The fourth-order valence-corrected chi connectivity index (χ4v) is 3.68. The third-order valence-electron chi connectivity index (χ3n) is 3.13. The van der Waals surface area contributed by atoms with Gasteiger partial charge in [0.1, 0.15) is 11.0 Å². The molecule has 1 aromatic carbocycles.